The van der Waals surface area contributed by atoms with E-state index in [9.17, 15) is 10.2 Å². The Morgan fingerprint density at radius 3 is 2.00 bits per heavy atom. The summed E-state index contributed by atoms with van der Waals surface area (Å²) in [4.78, 5) is 0. The number of benzene rings is 2. The Kier molecular flexibility index (Phi) is 4.03. The highest BCUT2D eigenvalue weighted by molar-refractivity contribution is 5.48. The number of rotatable bonds is 3. The number of hydrogen-bond donors (Lipinski definition) is 2. The number of phenolic OH excluding ortho intramolecular Hbond substituents is 2. The molecule has 0 radical (unpaired) electrons. The van der Waals surface area contributed by atoms with E-state index in [0.29, 0.717) is 6.42 Å². The molecule has 0 unspecified atom stereocenters. The maximum absolute atomic E-state index is 9.99. The van der Waals surface area contributed by atoms with E-state index in [1.807, 2.05) is 13.0 Å². The van der Waals surface area contributed by atoms with Crippen LogP contribution in [-0.4, -0.2) is 10.2 Å². The summed E-state index contributed by atoms with van der Waals surface area (Å²) in [5.41, 5.74) is 6.78. The lowest BCUT2D eigenvalue weighted by atomic mass is 9.93. The molecule has 2 N–H and O–H groups in total. The van der Waals surface area contributed by atoms with Gasteiger partial charge in [0, 0.05) is 12.5 Å². The molecular formula is C18H22O2. The maximum atomic E-state index is 9.99. The van der Waals surface area contributed by atoms with Crippen LogP contribution in [0.3, 0.4) is 0 Å². The first-order valence-electron chi connectivity index (χ1n) is 7.02. The van der Waals surface area contributed by atoms with Gasteiger partial charge >= 0.3 is 0 Å². The fourth-order valence-corrected chi connectivity index (χ4v) is 2.61. The summed E-state index contributed by atoms with van der Waals surface area (Å²) in [5.74, 6) is 0.298. The molecule has 2 aromatic carbocycles. The van der Waals surface area contributed by atoms with Gasteiger partial charge in [0.1, 0.15) is 11.5 Å². The minimum Gasteiger partial charge on any atom is -0.508 e. The van der Waals surface area contributed by atoms with Gasteiger partial charge in [-0.05, 0) is 66.6 Å². The van der Waals surface area contributed by atoms with E-state index >= 15 is 0 Å². The molecule has 0 spiro atoms. The first-order chi connectivity index (χ1) is 9.42. The predicted octanol–water partition coefficient (Wildman–Crippen LogP) is 4.18. The topological polar surface area (TPSA) is 40.5 Å². The molecule has 0 fully saturated rings. The van der Waals surface area contributed by atoms with Crippen LogP contribution in [0.5, 0.6) is 11.5 Å². The zero-order valence-electron chi connectivity index (χ0n) is 12.6. The molecule has 2 rings (SSSR count). The summed E-state index contributed by atoms with van der Waals surface area (Å²) in [6.45, 7) is 8.24. The van der Waals surface area contributed by atoms with Gasteiger partial charge in [0.05, 0.1) is 0 Å². The van der Waals surface area contributed by atoms with E-state index in [1.54, 1.807) is 0 Å². The Labute approximate surface area is 120 Å². The smallest absolute Gasteiger partial charge is 0.122 e. The van der Waals surface area contributed by atoms with Crippen molar-refractivity contribution in [3.8, 4) is 11.5 Å². The molecule has 106 valence electrons. The standard InChI is InChI=1S/C18H22O2/c1-5-14-8-15(12(3)6-11(14)2)9-16-7-13(4)17(19)10-18(16)20/h6-8,10,19-20H,5,9H2,1-4H3. The highest BCUT2D eigenvalue weighted by Gasteiger charge is 2.10. The van der Waals surface area contributed by atoms with Crippen LogP contribution in [0, 0.1) is 20.8 Å². The molecule has 0 aliphatic heterocycles. The fourth-order valence-electron chi connectivity index (χ4n) is 2.61. The summed E-state index contributed by atoms with van der Waals surface area (Å²) in [7, 11) is 0. The van der Waals surface area contributed by atoms with Crippen molar-refractivity contribution in [1.29, 1.82) is 0 Å². The van der Waals surface area contributed by atoms with Crippen LogP contribution in [0.25, 0.3) is 0 Å². The predicted molar refractivity (Wildman–Crippen MR) is 82.6 cm³/mol. The summed E-state index contributed by atoms with van der Waals surface area (Å²) in [6, 6.07) is 7.72. The summed E-state index contributed by atoms with van der Waals surface area (Å²) < 4.78 is 0. The average molecular weight is 270 g/mol. The number of phenols is 2. The van der Waals surface area contributed by atoms with Crippen molar-refractivity contribution in [2.45, 2.75) is 40.5 Å². The minimum absolute atomic E-state index is 0.140. The molecule has 0 aromatic heterocycles. The van der Waals surface area contributed by atoms with Gasteiger partial charge < -0.3 is 10.2 Å². The summed E-state index contributed by atoms with van der Waals surface area (Å²) in [5, 5.41) is 19.6. The van der Waals surface area contributed by atoms with Crippen molar-refractivity contribution in [3.63, 3.8) is 0 Å². The molecule has 2 aromatic rings. The first kappa shape index (κ1) is 14.4. The quantitative estimate of drug-likeness (QED) is 0.878. The molecule has 0 aliphatic carbocycles. The van der Waals surface area contributed by atoms with Crippen LogP contribution < -0.4 is 0 Å². The summed E-state index contributed by atoms with van der Waals surface area (Å²) >= 11 is 0. The van der Waals surface area contributed by atoms with Gasteiger partial charge in [0.2, 0.25) is 0 Å². The maximum Gasteiger partial charge on any atom is 0.122 e. The molecule has 2 heteroatoms. The molecule has 2 nitrogen and oxygen atoms in total. The highest BCUT2D eigenvalue weighted by Crippen LogP contribution is 2.29. The van der Waals surface area contributed by atoms with Gasteiger partial charge in [-0.25, -0.2) is 0 Å². The monoisotopic (exact) mass is 270 g/mol. The second-order valence-corrected chi connectivity index (χ2v) is 5.50. The Hall–Kier alpha value is -1.96. The molecule has 0 heterocycles. The second kappa shape index (κ2) is 5.58. The van der Waals surface area contributed by atoms with Crippen molar-refractivity contribution in [2.75, 3.05) is 0 Å². The van der Waals surface area contributed by atoms with Crippen LogP contribution in [-0.2, 0) is 12.8 Å². The first-order valence-corrected chi connectivity index (χ1v) is 7.02. The van der Waals surface area contributed by atoms with Crippen LogP contribution >= 0.6 is 0 Å². The Morgan fingerprint density at radius 2 is 1.35 bits per heavy atom. The van der Waals surface area contributed by atoms with Crippen LogP contribution in [0.4, 0.5) is 0 Å². The third-order valence-corrected chi connectivity index (χ3v) is 3.95. The van der Waals surface area contributed by atoms with Gasteiger partial charge in [-0.2, -0.15) is 0 Å². The molecular weight excluding hydrogens is 248 g/mol. The molecule has 20 heavy (non-hydrogen) atoms. The second-order valence-electron chi connectivity index (χ2n) is 5.50. The lowest BCUT2D eigenvalue weighted by molar-refractivity contribution is 0.444. The zero-order valence-corrected chi connectivity index (χ0v) is 12.6. The van der Waals surface area contributed by atoms with E-state index in [0.717, 1.165) is 17.5 Å². The van der Waals surface area contributed by atoms with Crippen molar-refractivity contribution >= 4 is 0 Å². The Balaban J connectivity index is 2.42. The minimum atomic E-state index is 0.140. The van der Waals surface area contributed by atoms with Gasteiger partial charge in [-0.1, -0.05) is 19.1 Å². The van der Waals surface area contributed by atoms with Gasteiger partial charge in [-0.15, -0.1) is 0 Å². The third kappa shape index (κ3) is 2.79. The lowest BCUT2D eigenvalue weighted by Gasteiger charge is -2.13. The van der Waals surface area contributed by atoms with Crippen molar-refractivity contribution in [2.24, 2.45) is 0 Å². The number of hydrogen-bond acceptors (Lipinski definition) is 2. The Morgan fingerprint density at radius 1 is 0.700 bits per heavy atom. The number of aryl methyl sites for hydroxylation is 4. The van der Waals surface area contributed by atoms with E-state index in [2.05, 4.69) is 32.9 Å². The third-order valence-electron chi connectivity index (χ3n) is 3.95. The lowest BCUT2D eigenvalue weighted by Crippen LogP contribution is -1.97. The molecule has 0 atom stereocenters. The van der Waals surface area contributed by atoms with Crippen LogP contribution in [0.1, 0.15) is 40.3 Å². The molecule has 0 bridgehead atoms. The van der Waals surface area contributed by atoms with Crippen molar-refractivity contribution < 1.29 is 10.2 Å². The summed E-state index contributed by atoms with van der Waals surface area (Å²) in [6.07, 6.45) is 1.70. The van der Waals surface area contributed by atoms with E-state index in [-0.39, 0.29) is 11.5 Å². The molecule has 0 aliphatic rings. The van der Waals surface area contributed by atoms with Gasteiger partial charge in [-0.3, -0.25) is 0 Å². The van der Waals surface area contributed by atoms with Crippen molar-refractivity contribution in [1.82, 2.24) is 0 Å². The van der Waals surface area contributed by atoms with Gasteiger partial charge in [0.25, 0.3) is 0 Å². The van der Waals surface area contributed by atoms with Crippen molar-refractivity contribution in [3.05, 3.63) is 57.6 Å². The van der Waals surface area contributed by atoms with E-state index in [4.69, 9.17) is 0 Å². The van der Waals surface area contributed by atoms with E-state index in [1.165, 1.54) is 28.3 Å². The average Bonchev–Trinajstić information content (AvgIpc) is 2.38. The normalized spacial score (nSPS) is 10.8. The van der Waals surface area contributed by atoms with Gasteiger partial charge in [0.15, 0.2) is 0 Å². The molecule has 0 amide bonds. The molecule has 0 saturated carbocycles. The fraction of sp³-hybridized carbons (Fsp3) is 0.333. The molecule has 0 saturated heterocycles. The zero-order chi connectivity index (χ0) is 14.9. The Bertz CT molecular complexity index is 642. The van der Waals surface area contributed by atoms with E-state index < -0.39 is 0 Å². The largest absolute Gasteiger partial charge is 0.508 e. The van der Waals surface area contributed by atoms with Crippen LogP contribution in [0.2, 0.25) is 0 Å². The highest BCUT2D eigenvalue weighted by atomic mass is 16.3. The number of aromatic hydroxyl groups is 2. The van der Waals surface area contributed by atoms with Crippen LogP contribution in [0.15, 0.2) is 24.3 Å². The SMILES string of the molecule is CCc1cc(Cc2cc(C)c(O)cc2O)c(C)cc1C.